The van der Waals surface area contributed by atoms with Crippen LogP contribution in [0.15, 0.2) is 0 Å². The van der Waals surface area contributed by atoms with E-state index in [2.05, 4.69) is 10.6 Å². The zero-order valence-electron chi connectivity index (χ0n) is 7.62. The summed E-state index contributed by atoms with van der Waals surface area (Å²) in [6.07, 6.45) is 2.38. The molecule has 1 unspecified atom stereocenters. The van der Waals surface area contributed by atoms with Crippen LogP contribution >= 0.6 is 0 Å². The second kappa shape index (κ2) is 4.90. The van der Waals surface area contributed by atoms with Gasteiger partial charge in [0.05, 0.1) is 5.75 Å². The van der Waals surface area contributed by atoms with Gasteiger partial charge >= 0.3 is 0 Å². The summed E-state index contributed by atoms with van der Waals surface area (Å²) in [5, 5.41) is 11.2. The molecule has 6 heteroatoms. The number of hydrogen-bond acceptors (Lipinski definition) is 4. The first-order valence-corrected chi connectivity index (χ1v) is 6.24. The van der Waals surface area contributed by atoms with Crippen LogP contribution in [0.1, 0.15) is 12.8 Å². The lowest BCUT2D eigenvalue weighted by Gasteiger charge is -2.10. The van der Waals surface area contributed by atoms with Gasteiger partial charge in [-0.3, -0.25) is 0 Å². The van der Waals surface area contributed by atoms with Gasteiger partial charge in [0, 0.05) is 19.1 Å². The van der Waals surface area contributed by atoms with Crippen LogP contribution in [0.3, 0.4) is 0 Å². The standard InChI is InChI=1S/C7H17N3O2S/c8-13(11,12)5-4-9-6-7-2-1-3-10-7/h7,9-10H,1-6H2,(H2,8,11,12). The van der Waals surface area contributed by atoms with E-state index in [-0.39, 0.29) is 5.75 Å². The fraction of sp³-hybridized carbons (Fsp3) is 1.00. The van der Waals surface area contributed by atoms with Crippen LogP contribution in [0.4, 0.5) is 0 Å². The molecular weight excluding hydrogens is 190 g/mol. The molecule has 0 spiro atoms. The third-order valence-corrected chi connectivity index (χ3v) is 2.89. The van der Waals surface area contributed by atoms with Gasteiger partial charge < -0.3 is 10.6 Å². The van der Waals surface area contributed by atoms with Gasteiger partial charge in [-0.2, -0.15) is 0 Å². The van der Waals surface area contributed by atoms with E-state index in [0.717, 1.165) is 13.1 Å². The van der Waals surface area contributed by atoms with Crippen molar-refractivity contribution in [2.75, 3.05) is 25.4 Å². The molecule has 78 valence electrons. The van der Waals surface area contributed by atoms with Gasteiger partial charge in [0.25, 0.3) is 0 Å². The van der Waals surface area contributed by atoms with Gasteiger partial charge in [0.2, 0.25) is 10.0 Å². The summed E-state index contributed by atoms with van der Waals surface area (Å²) in [5.74, 6) is 0.0136. The highest BCUT2D eigenvalue weighted by Crippen LogP contribution is 2.02. The van der Waals surface area contributed by atoms with Crippen LogP contribution in [0.2, 0.25) is 0 Å². The first-order valence-electron chi connectivity index (χ1n) is 4.52. The number of sulfonamides is 1. The molecule has 0 aliphatic carbocycles. The third kappa shape index (κ3) is 5.20. The summed E-state index contributed by atoms with van der Waals surface area (Å²) in [6, 6.07) is 0.500. The molecule has 4 N–H and O–H groups in total. The van der Waals surface area contributed by atoms with Crippen LogP contribution in [0.25, 0.3) is 0 Å². The lowest BCUT2D eigenvalue weighted by molar-refractivity contribution is 0.542. The molecular formula is C7H17N3O2S. The molecule has 1 saturated heterocycles. The second-order valence-corrected chi connectivity index (χ2v) is 5.10. The predicted molar refractivity (Wildman–Crippen MR) is 51.9 cm³/mol. The predicted octanol–water partition coefficient (Wildman–Crippen LogP) is -1.38. The Morgan fingerprint density at radius 1 is 1.54 bits per heavy atom. The number of rotatable bonds is 5. The maximum absolute atomic E-state index is 10.5. The largest absolute Gasteiger partial charge is 0.314 e. The molecule has 5 nitrogen and oxygen atoms in total. The van der Waals surface area contributed by atoms with Crippen LogP contribution in [0, 0.1) is 0 Å². The fourth-order valence-electron chi connectivity index (χ4n) is 1.42. The molecule has 1 heterocycles. The number of hydrogen-bond donors (Lipinski definition) is 3. The van der Waals surface area contributed by atoms with Crippen LogP contribution < -0.4 is 15.8 Å². The summed E-state index contributed by atoms with van der Waals surface area (Å²) >= 11 is 0. The molecule has 1 rings (SSSR count). The van der Waals surface area contributed by atoms with Crippen molar-refractivity contribution >= 4 is 10.0 Å². The monoisotopic (exact) mass is 207 g/mol. The van der Waals surface area contributed by atoms with E-state index >= 15 is 0 Å². The van der Waals surface area contributed by atoms with Gasteiger partial charge in [0.15, 0.2) is 0 Å². The normalized spacial score (nSPS) is 23.6. The van der Waals surface area contributed by atoms with E-state index in [9.17, 15) is 8.42 Å². The van der Waals surface area contributed by atoms with Crippen molar-refractivity contribution in [2.24, 2.45) is 5.14 Å². The third-order valence-electron chi connectivity index (χ3n) is 2.12. The molecule has 0 aromatic carbocycles. The van der Waals surface area contributed by atoms with Crippen molar-refractivity contribution in [1.29, 1.82) is 0 Å². The van der Waals surface area contributed by atoms with Gasteiger partial charge in [-0.1, -0.05) is 0 Å². The minimum atomic E-state index is -3.30. The summed E-state index contributed by atoms with van der Waals surface area (Å²) in [6.45, 7) is 2.34. The number of primary sulfonamides is 1. The minimum absolute atomic E-state index is 0.0136. The van der Waals surface area contributed by atoms with E-state index in [1.54, 1.807) is 0 Å². The minimum Gasteiger partial charge on any atom is -0.314 e. The highest BCUT2D eigenvalue weighted by Gasteiger charge is 2.12. The molecule has 0 radical (unpaired) electrons. The summed E-state index contributed by atoms with van der Waals surface area (Å²) in [7, 11) is -3.30. The van der Waals surface area contributed by atoms with E-state index in [0.29, 0.717) is 12.6 Å². The smallest absolute Gasteiger partial charge is 0.210 e. The summed E-state index contributed by atoms with van der Waals surface area (Å²) < 4.78 is 21.1. The van der Waals surface area contributed by atoms with Crippen LogP contribution in [0.5, 0.6) is 0 Å². The Balaban J connectivity index is 2.01. The average Bonchev–Trinajstić information content (AvgIpc) is 2.48. The Morgan fingerprint density at radius 2 is 2.31 bits per heavy atom. The highest BCUT2D eigenvalue weighted by atomic mass is 32.2. The van der Waals surface area contributed by atoms with E-state index < -0.39 is 10.0 Å². The molecule has 0 aromatic heterocycles. The lowest BCUT2D eigenvalue weighted by atomic mass is 10.2. The Hall–Kier alpha value is -0.170. The Bertz CT molecular complexity index is 234. The molecule has 1 aliphatic heterocycles. The molecule has 0 saturated carbocycles. The molecule has 0 aromatic rings. The van der Waals surface area contributed by atoms with Gasteiger partial charge in [-0.05, 0) is 19.4 Å². The quantitative estimate of drug-likeness (QED) is 0.485. The van der Waals surface area contributed by atoms with E-state index in [4.69, 9.17) is 5.14 Å². The van der Waals surface area contributed by atoms with Gasteiger partial charge in [-0.25, -0.2) is 13.6 Å². The molecule has 1 fully saturated rings. The van der Waals surface area contributed by atoms with Crippen molar-refractivity contribution in [2.45, 2.75) is 18.9 Å². The molecule has 1 atom stereocenters. The first-order chi connectivity index (χ1) is 6.08. The SMILES string of the molecule is NS(=O)(=O)CCNCC1CCCN1. The second-order valence-electron chi connectivity index (χ2n) is 3.36. The van der Waals surface area contributed by atoms with Crippen molar-refractivity contribution in [3.8, 4) is 0 Å². The number of nitrogens with one attached hydrogen (secondary N) is 2. The molecule has 13 heavy (non-hydrogen) atoms. The van der Waals surface area contributed by atoms with Crippen molar-refractivity contribution in [1.82, 2.24) is 10.6 Å². The Morgan fingerprint density at radius 3 is 2.85 bits per heavy atom. The summed E-state index contributed by atoms with van der Waals surface area (Å²) in [4.78, 5) is 0. The zero-order valence-corrected chi connectivity index (χ0v) is 8.44. The van der Waals surface area contributed by atoms with Gasteiger partial charge in [0.1, 0.15) is 0 Å². The fourth-order valence-corrected chi connectivity index (χ4v) is 1.85. The maximum Gasteiger partial charge on any atom is 0.210 e. The van der Waals surface area contributed by atoms with Crippen LogP contribution in [-0.2, 0) is 10.0 Å². The van der Waals surface area contributed by atoms with Gasteiger partial charge in [-0.15, -0.1) is 0 Å². The zero-order chi connectivity index (χ0) is 9.73. The van der Waals surface area contributed by atoms with Crippen molar-refractivity contribution in [3.05, 3.63) is 0 Å². The average molecular weight is 207 g/mol. The highest BCUT2D eigenvalue weighted by molar-refractivity contribution is 7.89. The van der Waals surface area contributed by atoms with E-state index in [1.807, 2.05) is 0 Å². The van der Waals surface area contributed by atoms with E-state index in [1.165, 1.54) is 12.8 Å². The molecule has 0 amide bonds. The topological polar surface area (TPSA) is 84.2 Å². The first kappa shape index (κ1) is 10.9. The Kier molecular flexibility index (Phi) is 4.11. The van der Waals surface area contributed by atoms with Crippen LogP contribution in [-0.4, -0.2) is 39.8 Å². The lowest BCUT2D eigenvalue weighted by Crippen LogP contribution is -2.36. The maximum atomic E-state index is 10.5. The number of nitrogens with two attached hydrogens (primary N) is 1. The molecule has 0 bridgehead atoms. The summed E-state index contributed by atoms with van der Waals surface area (Å²) in [5.41, 5.74) is 0. The molecule has 1 aliphatic rings. The van der Waals surface area contributed by atoms with Crippen molar-refractivity contribution in [3.63, 3.8) is 0 Å². The van der Waals surface area contributed by atoms with Crippen molar-refractivity contribution < 1.29 is 8.42 Å². The Labute approximate surface area is 79.1 Å².